The molecule has 3 heterocycles. The fourth-order valence-electron chi connectivity index (χ4n) is 4.98. The van der Waals surface area contributed by atoms with Gasteiger partial charge in [0.25, 0.3) is 5.91 Å². The molecular formula is C24H28FN4O+. The van der Waals surface area contributed by atoms with E-state index in [1.807, 2.05) is 30.0 Å². The number of nitrogens with zero attached hydrogens (tertiary/aromatic N) is 2. The van der Waals surface area contributed by atoms with Crippen molar-refractivity contribution in [2.75, 3.05) is 37.6 Å². The Labute approximate surface area is 176 Å². The molecule has 5 nitrogen and oxygen atoms in total. The number of hydrogen-bond acceptors (Lipinski definition) is 2. The largest absolute Gasteiger partial charge is 0.358 e. The molecule has 0 unspecified atom stereocenters. The molecule has 2 N–H and O–H groups in total. The van der Waals surface area contributed by atoms with Crippen LogP contribution in [0.3, 0.4) is 0 Å². The van der Waals surface area contributed by atoms with E-state index < -0.39 is 0 Å². The van der Waals surface area contributed by atoms with Gasteiger partial charge < -0.3 is 19.7 Å². The summed E-state index contributed by atoms with van der Waals surface area (Å²) in [4.78, 5) is 22.2. The van der Waals surface area contributed by atoms with E-state index in [9.17, 15) is 9.18 Å². The number of fused-ring (bicyclic) bond motifs is 3. The van der Waals surface area contributed by atoms with E-state index in [1.165, 1.54) is 27.6 Å². The van der Waals surface area contributed by atoms with Gasteiger partial charge in [-0.15, -0.1) is 0 Å². The summed E-state index contributed by atoms with van der Waals surface area (Å²) in [6, 6.07) is 15.2. The van der Waals surface area contributed by atoms with Crippen LogP contribution in [0.1, 0.15) is 18.2 Å². The van der Waals surface area contributed by atoms with Crippen LogP contribution in [0.4, 0.5) is 10.1 Å². The molecule has 5 rings (SSSR count). The van der Waals surface area contributed by atoms with Crippen molar-refractivity contribution in [3.05, 3.63) is 65.6 Å². The number of para-hydroxylation sites is 2. The van der Waals surface area contributed by atoms with Crippen LogP contribution < -0.4 is 9.80 Å². The van der Waals surface area contributed by atoms with Crippen molar-refractivity contribution in [2.45, 2.75) is 25.9 Å². The van der Waals surface area contributed by atoms with Gasteiger partial charge in [-0.1, -0.05) is 30.3 Å². The van der Waals surface area contributed by atoms with Gasteiger partial charge in [-0.3, -0.25) is 4.79 Å². The molecule has 2 aliphatic rings. The number of piperazine rings is 1. The van der Waals surface area contributed by atoms with Crippen LogP contribution in [-0.2, 0) is 17.8 Å². The molecule has 3 aromatic rings. The second-order valence-electron chi connectivity index (χ2n) is 8.46. The number of hydrogen-bond donors (Lipinski definition) is 2. The van der Waals surface area contributed by atoms with E-state index in [2.05, 4.69) is 28.1 Å². The number of anilines is 1. The highest BCUT2D eigenvalue weighted by molar-refractivity contribution is 5.86. The minimum Gasteiger partial charge on any atom is -0.358 e. The third-order valence-electron chi connectivity index (χ3n) is 6.78. The lowest BCUT2D eigenvalue weighted by Crippen LogP contribution is -3.19. The molecule has 1 fully saturated rings. The molecule has 0 radical (unpaired) electrons. The van der Waals surface area contributed by atoms with Crippen LogP contribution in [-0.4, -0.2) is 54.6 Å². The molecule has 2 aromatic carbocycles. The number of halogens is 1. The van der Waals surface area contributed by atoms with Crippen molar-refractivity contribution in [3.8, 4) is 0 Å². The van der Waals surface area contributed by atoms with Crippen molar-refractivity contribution >= 4 is 22.5 Å². The molecule has 156 valence electrons. The highest BCUT2D eigenvalue weighted by Gasteiger charge is 2.34. The Balaban J connectivity index is 1.24. The first kappa shape index (κ1) is 19.1. The standard InChI is InChI=1S/C24H27FN4O/c1-17(27-12-14-28(15-13-27)23-9-5-3-7-20(23)25)24(30)29-11-10-22-19(16-29)18-6-2-4-8-21(18)26-22/h2-9,17,26H,10-16H2,1H3/p+1/t17-/m0/s1. The average molecular weight is 408 g/mol. The molecule has 1 atom stereocenters. The Hall–Kier alpha value is -2.86. The van der Waals surface area contributed by atoms with Crippen LogP contribution in [0.25, 0.3) is 10.9 Å². The van der Waals surface area contributed by atoms with Crippen molar-refractivity contribution in [1.82, 2.24) is 9.88 Å². The van der Waals surface area contributed by atoms with Gasteiger partial charge in [0.1, 0.15) is 5.82 Å². The summed E-state index contributed by atoms with van der Waals surface area (Å²) in [5, 5.41) is 1.23. The molecule has 6 heteroatoms. The summed E-state index contributed by atoms with van der Waals surface area (Å²) >= 11 is 0. The predicted octanol–water partition coefficient (Wildman–Crippen LogP) is 1.99. The molecule has 1 amide bonds. The fourth-order valence-corrected chi connectivity index (χ4v) is 4.98. The number of aromatic amines is 1. The summed E-state index contributed by atoms with van der Waals surface area (Å²) < 4.78 is 14.1. The summed E-state index contributed by atoms with van der Waals surface area (Å²) in [7, 11) is 0. The van der Waals surface area contributed by atoms with Gasteiger partial charge in [0, 0.05) is 41.7 Å². The SMILES string of the molecule is C[C@@H](C(=O)N1CCc2[nH]c3ccccc3c2C1)[NH+]1CCN(c2ccccc2F)CC1. The molecule has 0 saturated carbocycles. The van der Waals surface area contributed by atoms with E-state index in [-0.39, 0.29) is 17.8 Å². The number of benzene rings is 2. The zero-order valence-corrected chi connectivity index (χ0v) is 17.3. The number of aromatic nitrogens is 1. The minimum absolute atomic E-state index is 0.0838. The van der Waals surface area contributed by atoms with Gasteiger partial charge in [-0.2, -0.15) is 0 Å². The number of H-pyrrole nitrogens is 1. The van der Waals surface area contributed by atoms with E-state index in [0.717, 1.165) is 44.7 Å². The van der Waals surface area contributed by atoms with E-state index in [4.69, 9.17) is 0 Å². The lowest BCUT2D eigenvalue weighted by molar-refractivity contribution is -0.915. The third kappa shape index (κ3) is 3.35. The van der Waals surface area contributed by atoms with Gasteiger partial charge in [0.2, 0.25) is 0 Å². The second kappa shape index (κ2) is 7.76. The quantitative estimate of drug-likeness (QED) is 0.698. The van der Waals surface area contributed by atoms with E-state index in [1.54, 1.807) is 6.07 Å². The van der Waals surface area contributed by atoms with Gasteiger partial charge in [0.05, 0.1) is 31.9 Å². The molecule has 30 heavy (non-hydrogen) atoms. The zero-order valence-electron chi connectivity index (χ0n) is 17.3. The first-order valence-corrected chi connectivity index (χ1v) is 10.8. The zero-order chi connectivity index (χ0) is 20.7. The Bertz CT molecular complexity index is 1070. The number of quaternary nitrogens is 1. The maximum atomic E-state index is 14.1. The highest BCUT2D eigenvalue weighted by atomic mass is 19.1. The van der Waals surface area contributed by atoms with Crippen molar-refractivity contribution in [1.29, 1.82) is 0 Å². The maximum absolute atomic E-state index is 14.1. The molecular weight excluding hydrogens is 379 g/mol. The van der Waals surface area contributed by atoms with Crippen molar-refractivity contribution < 1.29 is 14.1 Å². The summed E-state index contributed by atoms with van der Waals surface area (Å²) in [5.41, 5.74) is 4.34. The molecule has 0 spiro atoms. The van der Waals surface area contributed by atoms with E-state index in [0.29, 0.717) is 12.2 Å². The fraction of sp³-hybridized carbons (Fsp3) is 0.375. The number of nitrogens with one attached hydrogen (secondary N) is 2. The van der Waals surface area contributed by atoms with Crippen molar-refractivity contribution in [2.24, 2.45) is 0 Å². The summed E-state index contributed by atoms with van der Waals surface area (Å²) in [6.07, 6.45) is 0.874. The number of rotatable bonds is 3. The second-order valence-corrected chi connectivity index (χ2v) is 8.46. The number of amides is 1. The lowest BCUT2D eigenvalue weighted by atomic mass is 10.0. The van der Waals surface area contributed by atoms with Crippen LogP contribution in [0.15, 0.2) is 48.5 Å². The normalized spacial score (nSPS) is 18.5. The Morgan fingerprint density at radius 3 is 2.60 bits per heavy atom. The minimum atomic E-state index is -0.173. The van der Waals surface area contributed by atoms with Crippen LogP contribution in [0.5, 0.6) is 0 Å². The van der Waals surface area contributed by atoms with Gasteiger partial charge >= 0.3 is 0 Å². The number of carbonyl (C=O) groups is 1. The molecule has 2 aliphatic heterocycles. The van der Waals surface area contributed by atoms with Crippen molar-refractivity contribution in [3.63, 3.8) is 0 Å². The predicted molar refractivity (Wildman–Crippen MR) is 116 cm³/mol. The molecule has 0 bridgehead atoms. The topological polar surface area (TPSA) is 43.8 Å². The Kier molecular flexibility index (Phi) is 4.95. The monoisotopic (exact) mass is 407 g/mol. The summed E-state index contributed by atoms with van der Waals surface area (Å²) in [6.45, 7) is 6.69. The third-order valence-corrected chi connectivity index (χ3v) is 6.78. The Morgan fingerprint density at radius 2 is 1.80 bits per heavy atom. The van der Waals surface area contributed by atoms with Gasteiger partial charge in [0.15, 0.2) is 6.04 Å². The molecule has 0 aliphatic carbocycles. The molecule has 1 saturated heterocycles. The molecule has 1 aromatic heterocycles. The van der Waals surface area contributed by atoms with Gasteiger partial charge in [-0.05, 0) is 25.1 Å². The van der Waals surface area contributed by atoms with Crippen LogP contribution in [0, 0.1) is 5.82 Å². The lowest BCUT2D eigenvalue weighted by Gasteiger charge is -2.38. The average Bonchev–Trinajstić information content (AvgIpc) is 3.16. The van der Waals surface area contributed by atoms with Gasteiger partial charge in [-0.25, -0.2) is 4.39 Å². The Morgan fingerprint density at radius 1 is 1.07 bits per heavy atom. The first-order valence-electron chi connectivity index (χ1n) is 10.8. The number of carbonyl (C=O) groups excluding carboxylic acids is 1. The van der Waals surface area contributed by atoms with E-state index >= 15 is 0 Å². The highest BCUT2D eigenvalue weighted by Crippen LogP contribution is 2.27. The van der Waals surface area contributed by atoms with Crippen LogP contribution >= 0.6 is 0 Å². The van der Waals surface area contributed by atoms with Crippen LogP contribution in [0.2, 0.25) is 0 Å². The maximum Gasteiger partial charge on any atom is 0.280 e. The smallest absolute Gasteiger partial charge is 0.280 e. The summed E-state index contributed by atoms with van der Waals surface area (Å²) in [5.74, 6) is 0.0493. The first-order chi connectivity index (χ1) is 14.6.